The SMILES string of the molecule is CSc1ccc(Oc2ncnc(N3CCC(c4nc(C(C)C)no4)CC3)c2C(C)=O)cc1. The lowest BCUT2D eigenvalue weighted by atomic mass is 9.96. The van der Waals surface area contributed by atoms with Crippen molar-refractivity contribution in [3.63, 3.8) is 0 Å². The van der Waals surface area contributed by atoms with Crippen LogP contribution in [0.25, 0.3) is 0 Å². The number of nitrogens with zero attached hydrogens (tertiary/aromatic N) is 5. The van der Waals surface area contributed by atoms with Crippen molar-refractivity contribution in [2.24, 2.45) is 0 Å². The zero-order valence-corrected chi connectivity index (χ0v) is 19.6. The minimum absolute atomic E-state index is 0.128. The maximum Gasteiger partial charge on any atom is 0.235 e. The molecule has 0 saturated carbocycles. The largest absolute Gasteiger partial charge is 0.438 e. The van der Waals surface area contributed by atoms with Gasteiger partial charge >= 0.3 is 0 Å². The normalized spacial score (nSPS) is 14.7. The fraction of sp³-hybridized carbons (Fsp3) is 0.435. The zero-order chi connectivity index (χ0) is 22.7. The summed E-state index contributed by atoms with van der Waals surface area (Å²) >= 11 is 1.66. The van der Waals surface area contributed by atoms with Crippen LogP contribution in [0.1, 0.15) is 67.5 Å². The lowest BCUT2D eigenvalue weighted by molar-refractivity contribution is 0.101. The lowest BCUT2D eigenvalue weighted by Gasteiger charge is -2.32. The van der Waals surface area contributed by atoms with Crippen molar-refractivity contribution in [2.75, 3.05) is 24.2 Å². The van der Waals surface area contributed by atoms with Crippen LogP contribution in [0.15, 0.2) is 40.0 Å². The first kappa shape index (κ1) is 22.3. The van der Waals surface area contributed by atoms with Gasteiger partial charge in [-0.2, -0.15) is 4.98 Å². The molecule has 1 aliphatic heterocycles. The molecule has 8 nitrogen and oxygen atoms in total. The van der Waals surface area contributed by atoms with Crippen molar-refractivity contribution in [2.45, 2.75) is 50.3 Å². The van der Waals surface area contributed by atoms with Crippen molar-refractivity contribution in [3.8, 4) is 11.6 Å². The molecule has 3 aromatic rings. The molecule has 0 N–H and O–H groups in total. The number of hydrogen-bond donors (Lipinski definition) is 0. The summed E-state index contributed by atoms with van der Waals surface area (Å²) in [6, 6.07) is 7.70. The van der Waals surface area contributed by atoms with Gasteiger partial charge in [0.15, 0.2) is 11.6 Å². The van der Waals surface area contributed by atoms with E-state index in [1.54, 1.807) is 11.8 Å². The van der Waals surface area contributed by atoms with Gasteiger partial charge in [-0.25, -0.2) is 9.97 Å². The fourth-order valence-electron chi connectivity index (χ4n) is 3.73. The topological polar surface area (TPSA) is 94.2 Å². The molecule has 1 aliphatic rings. The van der Waals surface area contributed by atoms with Crippen molar-refractivity contribution in [3.05, 3.63) is 47.9 Å². The highest BCUT2D eigenvalue weighted by atomic mass is 32.2. The van der Waals surface area contributed by atoms with Gasteiger partial charge in [-0.3, -0.25) is 4.79 Å². The van der Waals surface area contributed by atoms with E-state index in [4.69, 9.17) is 9.26 Å². The number of piperidine rings is 1. The van der Waals surface area contributed by atoms with Crippen LogP contribution in [0.2, 0.25) is 0 Å². The van der Waals surface area contributed by atoms with Gasteiger partial charge in [0.1, 0.15) is 23.5 Å². The molecule has 0 unspecified atom stereocenters. The number of ether oxygens (including phenoxy) is 1. The molecule has 0 atom stereocenters. The van der Waals surface area contributed by atoms with E-state index in [9.17, 15) is 4.79 Å². The number of hydrogen-bond acceptors (Lipinski definition) is 9. The summed E-state index contributed by atoms with van der Waals surface area (Å²) in [7, 11) is 0. The number of thioether (sulfide) groups is 1. The van der Waals surface area contributed by atoms with E-state index in [1.807, 2.05) is 44.4 Å². The van der Waals surface area contributed by atoms with Crippen molar-refractivity contribution in [1.29, 1.82) is 0 Å². The summed E-state index contributed by atoms with van der Waals surface area (Å²) < 4.78 is 11.5. The average molecular weight is 454 g/mol. The third-order valence-corrected chi connectivity index (χ3v) is 6.28. The van der Waals surface area contributed by atoms with Crippen molar-refractivity contribution < 1.29 is 14.1 Å². The van der Waals surface area contributed by atoms with E-state index in [1.165, 1.54) is 13.3 Å². The second-order valence-electron chi connectivity index (χ2n) is 8.12. The first-order chi connectivity index (χ1) is 15.5. The molecule has 0 amide bonds. The molecule has 0 bridgehead atoms. The van der Waals surface area contributed by atoms with Crippen LogP contribution in [0.4, 0.5) is 5.82 Å². The van der Waals surface area contributed by atoms with Crippen LogP contribution in [0, 0.1) is 0 Å². The molecule has 4 rings (SSSR count). The molecule has 2 aromatic heterocycles. The minimum atomic E-state index is -0.128. The Kier molecular flexibility index (Phi) is 6.74. The third-order valence-electron chi connectivity index (χ3n) is 5.54. The second-order valence-corrected chi connectivity index (χ2v) is 9.00. The molecule has 0 aliphatic carbocycles. The third kappa shape index (κ3) is 4.77. The number of Topliss-reactive ketones (excluding diaryl/α,β-unsaturated/α-hetero) is 1. The number of benzene rings is 1. The molecule has 168 valence electrons. The van der Waals surface area contributed by atoms with E-state index in [0.717, 1.165) is 36.7 Å². The smallest absolute Gasteiger partial charge is 0.235 e. The molecule has 1 aromatic carbocycles. The molecule has 3 heterocycles. The molecule has 1 saturated heterocycles. The molecule has 0 radical (unpaired) electrons. The van der Waals surface area contributed by atoms with Gasteiger partial charge < -0.3 is 14.2 Å². The van der Waals surface area contributed by atoms with E-state index in [0.29, 0.717) is 23.0 Å². The quantitative estimate of drug-likeness (QED) is 0.358. The Hall–Kier alpha value is -2.94. The first-order valence-corrected chi connectivity index (χ1v) is 11.9. The molecular weight excluding hydrogens is 426 g/mol. The zero-order valence-electron chi connectivity index (χ0n) is 18.7. The maximum atomic E-state index is 12.5. The van der Waals surface area contributed by atoms with Crippen molar-refractivity contribution >= 4 is 23.4 Å². The Labute approximate surface area is 191 Å². The predicted octanol–water partition coefficient (Wildman–Crippen LogP) is 5.08. The monoisotopic (exact) mass is 453 g/mol. The van der Waals surface area contributed by atoms with Gasteiger partial charge in [0.25, 0.3) is 0 Å². The van der Waals surface area contributed by atoms with Crippen LogP contribution in [0.3, 0.4) is 0 Å². The van der Waals surface area contributed by atoms with Gasteiger partial charge in [0.05, 0.1) is 0 Å². The highest BCUT2D eigenvalue weighted by molar-refractivity contribution is 7.98. The van der Waals surface area contributed by atoms with Crippen LogP contribution < -0.4 is 9.64 Å². The van der Waals surface area contributed by atoms with E-state index >= 15 is 0 Å². The van der Waals surface area contributed by atoms with Crippen LogP contribution in [-0.4, -0.2) is 45.2 Å². The van der Waals surface area contributed by atoms with E-state index < -0.39 is 0 Å². The van der Waals surface area contributed by atoms with E-state index in [2.05, 4.69) is 25.0 Å². The number of ketones is 1. The highest BCUT2D eigenvalue weighted by Gasteiger charge is 2.29. The highest BCUT2D eigenvalue weighted by Crippen LogP contribution is 2.34. The van der Waals surface area contributed by atoms with Crippen LogP contribution >= 0.6 is 11.8 Å². The van der Waals surface area contributed by atoms with Gasteiger partial charge in [-0.1, -0.05) is 19.0 Å². The maximum absolute atomic E-state index is 12.5. The fourth-order valence-corrected chi connectivity index (χ4v) is 4.14. The summed E-state index contributed by atoms with van der Waals surface area (Å²) in [5, 5.41) is 4.08. The Bertz CT molecular complexity index is 1080. The Morgan fingerprint density at radius 3 is 2.50 bits per heavy atom. The number of carbonyl (C=O) groups excluding carboxylic acids is 1. The van der Waals surface area contributed by atoms with E-state index in [-0.39, 0.29) is 23.5 Å². The molecular formula is C23H27N5O3S. The van der Waals surface area contributed by atoms with Crippen LogP contribution in [-0.2, 0) is 0 Å². The predicted molar refractivity (Wildman–Crippen MR) is 123 cm³/mol. The summed E-state index contributed by atoms with van der Waals surface area (Å²) in [6.07, 6.45) is 5.15. The van der Waals surface area contributed by atoms with Gasteiger partial charge in [0, 0.05) is 29.8 Å². The molecule has 1 fully saturated rings. The minimum Gasteiger partial charge on any atom is -0.438 e. The number of anilines is 1. The molecule has 9 heteroatoms. The second kappa shape index (κ2) is 9.68. The summed E-state index contributed by atoms with van der Waals surface area (Å²) in [5.74, 6) is 3.27. The number of rotatable bonds is 7. The first-order valence-electron chi connectivity index (χ1n) is 10.7. The summed E-state index contributed by atoms with van der Waals surface area (Å²) in [5.41, 5.74) is 0.403. The van der Waals surface area contributed by atoms with Gasteiger partial charge in [-0.15, -0.1) is 11.8 Å². The standard InChI is InChI=1S/C23H27N5O3S/c1-14(2)20-26-22(31-27-20)16-9-11-28(12-10-16)21-19(15(3)29)23(25-13-24-21)30-17-5-7-18(32-4)8-6-17/h5-8,13-14,16H,9-12H2,1-4H3. The number of carbonyl (C=O) groups is 1. The lowest BCUT2D eigenvalue weighted by Crippen LogP contribution is -2.34. The molecule has 0 spiro atoms. The number of aromatic nitrogens is 4. The van der Waals surface area contributed by atoms with Gasteiger partial charge in [-0.05, 0) is 50.3 Å². The molecule has 32 heavy (non-hydrogen) atoms. The Morgan fingerprint density at radius 2 is 1.91 bits per heavy atom. The van der Waals surface area contributed by atoms with Crippen LogP contribution in [0.5, 0.6) is 11.6 Å². The summed E-state index contributed by atoms with van der Waals surface area (Å²) in [4.78, 5) is 29.0. The summed E-state index contributed by atoms with van der Waals surface area (Å²) in [6.45, 7) is 7.07. The average Bonchev–Trinajstić information content (AvgIpc) is 3.30. The Morgan fingerprint density at radius 1 is 1.19 bits per heavy atom. The van der Waals surface area contributed by atoms with Gasteiger partial charge in [0.2, 0.25) is 11.8 Å². The Balaban J connectivity index is 1.52. The van der Waals surface area contributed by atoms with Crippen molar-refractivity contribution in [1.82, 2.24) is 20.1 Å².